The first-order valence-electron chi connectivity index (χ1n) is 7.77. The number of amides is 1. The monoisotopic (exact) mass is 290 g/mol. The molecule has 5 nitrogen and oxygen atoms in total. The maximum absolute atomic E-state index is 11.9. The highest BCUT2D eigenvalue weighted by Crippen LogP contribution is 2.11. The second-order valence-corrected chi connectivity index (χ2v) is 5.60. The van der Waals surface area contributed by atoms with Crippen LogP contribution in [0.1, 0.15) is 19.8 Å². The van der Waals surface area contributed by atoms with Gasteiger partial charge in [0.15, 0.2) is 0 Å². The van der Waals surface area contributed by atoms with Gasteiger partial charge in [-0.15, -0.1) is 0 Å². The second-order valence-electron chi connectivity index (χ2n) is 5.60. The molecule has 0 atom stereocenters. The molecule has 1 heterocycles. The Kier molecular flexibility index (Phi) is 6.02. The number of carbonyl (C=O) groups excluding carboxylic acids is 1. The standard InChI is InChI=1S/C16H26N4O/c1-2-8-19-10-12-20(13-11-19)9-7-16(21)18-15-5-3-14(17)4-6-15/h3-6H,2,7-13,17H2,1H3,(H,18,21). The van der Waals surface area contributed by atoms with E-state index in [1.54, 1.807) is 12.1 Å². The molecule has 5 heteroatoms. The fraction of sp³-hybridized carbons (Fsp3) is 0.562. The number of piperazine rings is 1. The Balaban J connectivity index is 1.66. The van der Waals surface area contributed by atoms with Gasteiger partial charge in [0.1, 0.15) is 0 Å². The van der Waals surface area contributed by atoms with Crippen LogP contribution in [0.4, 0.5) is 11.4 Å². The fourth-order valence-electron chi connectivity index (χ4n) is 2.60. The third kappa shape index (κ3) is 5.36. The highest BCUT2D eigenvalue weighted by Gasteiger charge is 2.16. The van der Waals surface area contributed by atoms with E-state index in [0.29, 0.717) is 12.1 Å². The van der Waals surface area contributed by atoms with Crippen LogP contribution < -0.4 is 11.1 Å². The lowest BCUT2D eigenvalue weighted by Crippen LogP contribution is -2.47. The van der Waals surface area contributed by atoms with Crippen LogP contribution in [0, 0.1) is 0 Å². The maximum atomic E-state index is 11.9. The summed E-state index contributed by atoms with van der Waals surface area (Å²) < 4.78 is 0. The van der Waals surface area contributed by atoms with E-state index in [4.69, 9.17) is 5.73 Å². The Labute approximate surface area is 127 Å². The summed E-state index contributed by atoms with van der Waals surface area (Å²) in [6.45, 7) is 8.60. The van der Waals surface area contributed by atoms with Gasteiger partial charge in [-0.1, -0.05) is 6.92 Å². The highest BCUT2D eigenvalue weighted by molar-refractivity contribution is 5.90. The van der Waals surface area contributed by atoms with Gasteiger partial charge in [-0.2, -0.15) is 0 Å². The first kappa shape index (κ1) is 15.8. The lowest BCUT2D eigenvalue weighted by Gasteiger charge is -2.34. The number of benzene rings is 1. The average molecular weight is 290 g/mol. The quantitative estimate of drug-likeness (QED) is 0.782. The highest BCUT2D eigenvalue weighted by atomic mass is 16.1. The van der Waals surface area contributed by atoms with Crippen LogP contribution in [0.2, 0.25) is 0 Å². The zero-order chi connectivity index (χ0) is 15.1. The van der Waals surface area contributed by atoms with Crippen molar-refractivity contribution < 1.29 is 4.79 Å². The Morgan fingerprint density at radius 2 is 1.67 bits per heavy atom. The summed E-state index contributed by atoms with van der Waals surface area (Å²) in [6.07, 6.45) is 1.75. The lowest BCUT2D eigenvalue weighted by molar-refractivity contribution is -0.116. The molecule has 0 aromatic heterocycles. The van der Waals surface area contributed by atoms with Crippen molar-refractivity contribution in [2.45, 2.75) is 19.8 Å². The van der Waals surface area contributed by atoms with Crippen molar-refractivity contribution in [3.8, 4) is 0 Å². The van der Waals surface area contributed by atoms with Crippen LogP contribution in [-0.2, 0) is 4.79 Å². The van der Waals surface area contributed by atoms with Crippen molar-refractivity contribution >= 4 is 17.3 Å². The third-order valence-electron chi connectivity index (χ3n) is 3.85. The smallest absolute Gasteiger partial charge is 0.225 e. The molecule has 0 bridgehead atoms. The van der Waals surface area contributed by atoms with E-state index >= 15 is 0 Å². The number of nitrogen functional groups attached to an aromatic ring is 1. The van der Waals surface area contributed by atoms with E-state index < -0.39 is 0 Å². The van der Waals surface area contributed by atoms with E-state index in [9.17, 15) is 4.79 Å². The molecule has 1 amide bonds. The van der Waals surface area contributed by atoms with Gasteiger partial charge in [0.05, 0.1) is 0 Å². The summed E-state index contributed by atoms with van der Waals surface area (Å²) in [6, 6.07) is 7.25. The second kappa shape index (κ2) is 8.00. The summed E-state index contributed by atoms with van der Waals surface area (Å²) in [5.41, 5.74) is 7.14. The molecule has 0 spiro atoms. The van der Waals surface area contributed by atoms with Gasteiger partial charge in [0, 0.05) is 50.5 Å². The van der Waals surface area contributed by atoms with Crippen LogP contribution >= 0.6 is 0 Å². The minimum atomic E-state index is 0.0655. The number of carbonyl (C=O) groups is 1. The molecule has 1 saturated heterocycles. The zero-order valence-corrected chi connectivity index (χ0v) is 12.8. The molecule has 1 aliphatic rings. The molecule has 1 aromatic rings. The number of hydrogen-bond acceptors (Lipinski definition) is 4. The number of nitrogens with two attached hydrogens (primary N) is 1. The van der Waals surface area contributed by atoms with Gasteiger partial charge in [-0.25, -0.2) is 0 Å². The van der Waals surface area contributed by atoms with Crippen LogP contribution in [-0.4, -0.2) is 55.0 Å². The summed E-state index contributed by atoms with van der Waals surface area (Å²) >= 11 is 0. The number of hydrogen-bond donors (Lipinski definition) is 2. The summed E-state index contributed by atoms with van der Waals surface area (Å²) in [5, 5.41) is 2.91. The third-order valence-corrected chi connectivity index (χ3v) is 3.85. The molecular weight excluding hydrogens is 264 g/mol. The van der Waals surface area contributed by atoms with Crippen molar-refractivity contribution in [3.63, 3.8) is 0 Å². The molecule has 116 valence electrons. The van der Waals surface area contributed by atoms with Gasteiger partial charge in [-0.05, 0) is 37.2 Å². The molecule has 3 N–H and O–H groups in total. The molecule has 0 unspecified atom stereocenters. The molecule has 1 fully saturated rings. The van der Waals surface area contributed by atoms with Gasteiger partial charge >= 0.3 is 0 Å². The Morgan fingerprint density at radius 3 is 2.24 bits per heavy atom. The van der Waals surface area contributed by atoms with E-state index in [1.165, 1.54) is 13.0 Å². The van der Waals surface area contributed by atoms with Crippen molar-refractivity contribution in [1.82, 2.24) is 9.80 Å². The van der Waals surface area contributed by atoms with E-state index in [2.05, 4.69) is 22.0 Å². The predicted molar refractivity (Wildman–Crippen MR) is 87.3 cm³/mol. The Morgan fingerprint density at radius 1 is 1.10 bits per heavy atom. The van der Waals surface area contributed by atoms with Gasteiger partial charge in [0.2, 0.25) is 5.91 Å². The van der Waals surface area contributed by atoms with Crippen LogP contribution in [0.15, 0.2) is 24.3 Å². The first-order chi connectivity index (χ1) is 10.2. The number of nitrogens with one attached hydrogen (secondary N) is 1. The normalized spacial score (nSPS) is 16.8. The van der Waals surface area contributed by atoms with E-state index in [0.717, 1.165) is 38.4 Å². The van der Waals surface area contributed by atoms with Crippen molar-refractivity contribution in [1.29, 1.82) is 0 Å². The summed E-state index contributed by atoms with van der Waals surface area (Å²) in [4.78, 5) is 16.8. The molecule has 2 rings (SSSR count). The van der Waals surface area contributed by atoms with Crippen molar-refractivity contribution in [3.05, 3.63) is 24.3 Å². The average Bonchev–Trinajstić information content (AvgIpc) is 2.49. The first-order valence-corrected chi connectivity index (χ1v) is 7.77. The number of nitrogens with zero attached hydrogens (tertiary/aromatic N) is 2. The Hall–Kier alpha value is -1.59. The predicted octanol–water partition coefficient (Wildman–Crippen LogP) is 1.62. The number of rotatable bonds is 6. The molecule has 0 radical (unpaired) electrons. The molecule has 1 aliphatic heterocycles. The van der Waals surface area contributed by atoms with Crippen molar-refractivity contribution in [2.24, 2.45) is 0 Å². The molecular formula is C16H26N4O. The molecule has 1 aromatic carbocycles. The molecule has 21 heavy (non-hydrogen) atoms. The van der Waals surface area contributed by atoms with Crippen LogP contribution in [0.5, 0.6) is 0 Å². The Bertz CT molecular complexity index is 438. The summed E-state index contributed by atoms with van der Waals surface area (Å²) in [5.74, 6) is 0.0655. The topological polar surface area (TPSA) is 61.6 Å². The van der Waals surface area contributed by atoms with Crippen LogP contribution in [0.3, 0.4) is 0 Å². The van der Waals surface area contributed by atoms with Gasteiger partial charge in [-0.3, -0.25) is 4.79 Å². The lowest BCUT2D eigenvalue weighted by atomic mass is 10.2. The van der Waals surface area contributed by atoms with Gasteiger partial charge in [0.25, 0.3) is 0 Å². The van der Waals surface area contributed by atoms with Gasteiger partial charge < -0.3 is 20.9 Å². The van der Waals surface area contributed by atoms with E-state index in [1.807, 2.05) is 12.1 Å². The zero-order valence-electron chi connectivity index (χ0n) is 12.8. The minimum absolute atomic E-state index is 0.0655. The molecule has 0 aliphatic carbocycles. The summed E-state index contributed by atoms with van der Waals surface area (Å²) in [7, 11) is 0. The van der Waals surface area contributed by atoms with E-state index in [-0.39, 0.29) is 5.91 Å². The largest absolute Gasteiger partial charge is 0.399 e. The fourth-order valence-corrected chi connectivity index (χ4v) is 2.60. The van der Waals surface area contributed by atoms with Crippen LogP contribution in [0.25, 0.3) is 0 Å². The minimum Gasteiger partial charge on any atom is -0.399 e. The number of anilines is 2. The molecule has 0 saturated carbocycles. The van der Waals surface area contributed by atoms with Crippen molar-refractivity contribution in [2.75, 3.05) is 50.3 Å². The SMILES string of the molecule is CCCN1CCN(CCC(=O)Nc2ccc(N)cc2)CC1. The maximum Gasteiger partial charge on any atom is 0.225 e.